The monoisotopic (exact) mass is 620 g/mol. The number of rotatable bonds is 17. The molecule has 0 aromatic rings. The number of aliphatic carboxylic acids is 2. The Bertz CT molecular complexity index is 846. The standard InChI is InChI=1S/C24H44N2O5S2.C4H4O4/c1-7-9-10-11-12-16-32-33-17-19(22(28)30-8-2)25-18(3)21(27)26-15-13-14-20(26)23(29)31-24(4,5)6;5-3(6)1-2-4(7)8/h18-20,25H,7-17H2,1-6H3;1-2H,(H,5,6)(H,7,8)/b;2-1-/t18?,19-,20-;/m0./s1. The van der Waals surface area contributed by atoms with E-state index < -0.39 is 35.7 Å². The number of unbranched alkanes of at least 4 members (excludes halogenated alkanes) is 4. The van der Waals surface area contributed by atoms with Crippen molar-refractivity contribution in [1.82, 2.24) is 10.2 Å². The number of hydrogen-bond donors (Lipinski definition) is 3. The highest BCUT2D eigenvalue weighted by atomic mass is 33.1. The maximum atomic E-state index is 13.1. The molecule has 1 heterocycles. The summed E-state index contributed by atoms with van der Waals surface area (Å²) in [5.74, 6) is -1.85. The van der Waals surface area contributed by atoms with E-state index in [0.29, 0.717) is 37.5 Å². The van der Waals surface area contributed by atoms with Crippen LogP contribution in [0.1, 0.15) is 86.5 Å². The third-order valence-electron chi connectivity index (χ3n) is 5.63. The lowest BCUT2D eigenvalue weighted by molar-refractivity contribution is -0.163. The van der Waals surface area contributed by atoms with E-state index in [2.05, 4.69) is 12.2 Å². The maximum absolute atomic E-state index is 13.1. The first-order valence-electron chi connectivity index (χ1n) is 14.1. The van der Waals surface area contributed by atoms with Crippen molar-refractivity contribution in [1.29, 1.82) is 0 Å². The molecule has 1 saturated heterocycles. The minimum Gasteiger partial charge on any atom is -0.478 e. The van der Waals surface area contributed by atoms with Crippen molar-refractivity contribution >= 4 is 51.4 Å². The van der Waals surface area contributed by atoms with Crippen molar-refractivity contribution in [2.75, 3.05) is 24.7 Å². The van der Waals surface area contributed by atoms with Gasteiger partial charge in [-0.2, -0.15) is 0 Å². The molecule has 0 aromatic carbocycles. The van der Waals surface area contributed by atoms with Crippen molar-refractivity contribution in [3.05, 3.63) is 12.2 Å². The molecule has 1 fully saturated rings. The van der Waals surface area contributed by atoms with E-state index >= 15 is 0 Å². The summed E-state index contributed by atoms with van der Waals surface area (Å²) in [6, 6.07) is -1.76. The first kappa shape index (κ1) is 38.8. The molecule has 3 atom stereocenters. The van der Waals surface area contributed by atoms with Gasteiger partial charge in [0.25, 0.3) is 0 Å². The SMILES string of the molecule is CCCCCCCSSC[C@H](NC(C)C(=O)N1CCC[C@H]1C(=O)OC(C)(C)C)C(=O)OCC.O=C(O)/C=C\C(=O)O. The third-order valence-corrected chi connectivity index (χ3v) is 8.12. The maximum Gasteiger partial charge on any atom is 0.329 e. The smallest absolute Gasteiger partial charge is 0.329 e. The molecule has 41 heavy (non-hydrogen) atoms. The highest BCUT2D eigenvalue weighted by Crippen LogP contribution is 2.25. The van der Waals surface area contributed by atoms with Gasteiger partial charge >= 0.3 is 23.9 Å². The van der Waals surface area contributed by atoms with E-state index in [1.54, 1.807) is 40.3 Å². The quantitative estimate of drug-likeness (QED) is 0.0917. The van der Waals surface area contributed by atoms with E-state index in [0.717, 1.165) is 12.2 Å². The van der Waals surface area contributed by atoms with Gasteiger partial charge in [-0.05, 0) is 53.9 Å². The van der Waals surface area contributed by atoms with E-state index in [9.17, 15) is 24.0 Å². The lowest BCUT2D eigenvalue weighted by Gasteiger charge is -2.30. The van der Waals surface area contributed by atoms with Crippen LogP contribution in [-0.4, -0.2) is 93.3 Å². The van der Waals surface area contributed by atoms with Gasteiger partial charge in [-0.25, -0.2) is 14.4 Å². The molecule has 0 aromatic heterocycles. The molecule has 0 saturated carbocycles. The summed E-state index contributed by atoms with van der Waals surface area (Å²) in [5.41, 5.74) is -0.599. The highest BCUT2D eigenvalue weighted by molar-refractivity contribution is 8.76. The fourth-order valence-corrected chi connectivity index (χ4v) is 6.08. The van der Waals surface area contributed by atoms with Crippen LogP contribution in [0.25, 0.3) is 0 Å². The second kappa shape index (κ2) is 21.5. The zero-order chi connectivity index (χ0) is 31.4. The van der Waals surface area contributed by atoms with Gasteiger partial charge in [-0.1, -0.05) is 54.2 Å². The van der Waals surface area contributed by atoms with Gasteiger partial charge in [0, 0.05) is 30.2 Å². The largest absolute Gasteiger partial charge is 0.478 e. The summed E-state index contributed by atoms with van der Waals surface area (Å²) in [6.45, 7) is 12.0. The van der Waals surface area contributed by atoms with Gasteiger partial charge in [0.15, 0.2) is 0 Å². The summed E-state index contributed by atoms with van der Waals surface area (Å²) >= 11 is 0. The Morgan fingerprint density at radius 2 is 1.61 bits per heavy atom. The first-order chi connectivity index (χ1) is 19.2. The molecule has 13 heteroatoms. The average Bonchev–Trinajstić information content (AvgIpc) is 3.37. The van der Waals surface area contributed by atoms with Crippen molar-refractivity contribution in [2.45, 2.75) is 110 Å². The normalized spacial score (nSPS) is 16.4. The number of amides is 1. The minimum absolute atomic E-state index is 0.189. The van der Waals surface area contributed by atoms with Crippen LogP contribution in [0.4, 0.5) is 0 Å². The minimum atomic E-state index is -1.26. The second-order valence-electron chi connectivity index (χ2n) is 10.4. The molecule has 1 rings (SSSR count). The van der Waals surface area contributed by atoms with E-state index in [1.165, 1.54) is 32.1 Å². The number of ether oxygens (including phenoxy) is 2. The fourth-order valence-electron chi connectivity index (χ4n) is 3.78. The van der Waals surface area contributed by atoms with Crippen LogP contribution < -0.4 is 5.32 Å². The fraction of sp³-hybridized carbons (Fsp3) is 0.750. The van der Waals surface area contributed by atoms with E-state index in [4.69, 9.17) is 19.7 Å². The average molecular weight is 621 g/mol. The number of likely N-dealkylation sites (tertiary alicyclic amines) is 1. The molecule has 1 unspecified atom stereocenters. The lowest BCUT2D eigenvalue weighted by Crippen LogP contribution is -2.54. The van der Waals surface area contributed by atoms with Crippen LogP contribution >= 0.6 is 21.6 Å². The van der Waals surface area contributed by atoms with Gasteiger partial charge < -0.3 is 24.6 Å². The van der Waals surface area contributed by atoms with Crippen LogP contribution in [0.2, 0.25) is 0 Å². The molecule has 1 amide bonds. The summed E-state index contributed by atoms with van der Waals surface area (Å²) in [7, 11) is 3.39. The molecule has 0 bridgehead atoms. The van der Waals surface area contributed by atoms with E-state index in [-0.39, 0.29) is 17.8 Å². The third kappa shape index (κ3) is 18.7. The number of carbonyl (C=O) groups excluding carboxylic acids is 3. The zero-order valence-electron chi connectivity index (χ0n) is 25.2. The summed E-state index contributed by atoms with van der Waals surface area (Å²) in [4.78, 5) is 58.9. The Hall–Kier alpha value is -2.25. The molecular weight excluding hydrogens is 572 g/mol. The summed E-state index contributed by atoms with van der Waals surface area (Å²) < 4.78 is 10.7. The molecule has 0 radical (unpaired) electrons. The number of carboxylic acid groups (broad SMARTS) is 2. The van der Waals surface area contributed by atoms with Crippen molar-refractivity contribution < 1.29 is 43.7 Å². The molecule has 1 aliphatic heterocycles. The second-order valence-corrected chi connectivity index (χ2v) is 13.1. The Balaban J connectivity index is 0.00000173. The molecule has 11 nitrogen and oxygen atoms in total. The van der Waals surface area contributed by atoms with Crippen molar-refractivity contribution in [2.24, 2.45) is 0 Å². The van der Waals surface area contributed by atoms with Gasteiger partial charge in [-0.3, -0.25) is 14.9 Å². The first-order valence-corrected chi connectivity index (χ1v) is 16.6. The van der Waals surface area contributed by atoms with Crippen molar-refractivity contribution in [3.63, 3.8) is 0 Å². The van der Waals surface area contributed by atoms with Gasteiger partial charge in [-0.15, -0.1) is 0 Å². The van der Waals surface area contributed by atoms with Gasteiger partial charge in [0.2, 0.25) is 5.91 Å². The number of nitrogens with one attached hydrogen (secondary N) is 1. The topological polar surface area (TPSA) is 160 Å². The number of hydrogen-bond acceptors (Lipinski definition) is 10. The van der Waals surface area contributed by atoms with E-state index in [1.807, 2.05) is 20.8 Å². The van der Waals surface area contributed by atoms with Crippen molar-refractivity contribution in [3.8, 4) is 0 Å². The Morgan fingerprint density at radius 1 is 1.00 bits per heavy atom. The van der Waals surface area contributed by atoms with Crippen LogP contribution in [0, 0.1) is 0 Å². The summed E-state index contributed by atoms with van der Waals surface area (Å²) in [5, 5.41) is 18.8. The lowest BCUT2D eigenvalue weighted by atomic mass is 10.1. The van der Waals surface area contributed by atoms with Crippen LogP contribution in [0.3, 0.4) is 0 Å². The number of carbonyl (C=O) groups is 5. The Kier molecular flexibility index (Phi) is 20.3. The molecular formula is C28H48N2O9S2. The molecule has 0 aliphatic carbocycles. The summed E-state index contributed by atoms with van der Waals surface area (Å²) in [6.07, 6.45) is 8.67. The molecule has 3 N–H and O–H groups in total. The van der Waals surface area contributed by atoms with Gasteiger partial charge in [0.1, 0.15) is 17.7 Å². The van der Waals surface area contributed by atoms with Crippen LogP contribution in [-0.2, 0) is 33.4 Å². The predicted molar refractivity (Wildman–Crippen MR) is 162 cm³/mol. The Morgan fingerprint density at radius 3 is 2.15 bits per heavy atom. The number of esters is 2. The molecule has 0 spiro atoms. The predicted octanol–water partition coefficient (Wildman–Crippen LogP) is 4.29. The number of nitrogens with zero attached hydrogens (tertiary/aromatic N) is 1. The Labute approximate surface area is 251 Å². The number of carboxylic acids is 2. The molecule has 236 valence electrons. The van der Waals surface area contributed by atoms with Crippen LogP contribution in [0.15, 0.2) is 12.2 Å². The van der Waals surface area contributed by atoms with Crippen LogP contribution in [0.5, 0.6) is 0 Å². The zero-order valence-corrected chi connectivity index (χ0v) is 26.8. The van der Waals surface area contributed by atoms with Gasteiger partial charge in [0.05, 0.1) is 12.6 Å². The highest BCUT2D eigenvalue weighted by Gasteiger charge is 2.39. The molecule has 1 aliphatic rings.